The molecule has 0 radical (unpaired) electrons. The van der Waals surface area contributed by atoms with Gasteiger partial charge in [-0.05, 0) is 52.8 Å². The summed E-state index contributed by atoms with van der Waals surface area (Å²) >= 11 is 0. The second kappa shape index (κ2) is 12.5. The number of esters is 1. The largest absolute Gasteiger partial charge is 0.462 e. The fraction of sp³-hybridized carbons (Fsp3) is 0.407. The van der Waals surface area contributed by atoms with Crippen molar-refractivity contribution in [3.8, 4) is 5.75 Å². The molecule has 4 N–H and O–H groups in total. The zero-order valence-electron chi connectivity index (χ0n) is 23.6. The van der Waals surface area contributed by atoms with Crippen molar-refractivity contribution in [2.45, 2.75) is 65.7 Å². The van der Waals surface area contributed by atoms with Crippen LogP contribution in [0, 0.1) is 0 Å². The van der Waals surface area contributed by atoms with E-state index in [9.17, 15) is 14.5 Å². The molecule has 0 amide bonds. The maximum absolute atomic E-state index is 14.1. The Morgan fingerprint density at radius 3 is 2.63 bits per heavy atom. The van der Waals surface area contributed by atoms with Crippen molar-refractivity contribution in [3.63, 3.8) is 0 Å². The van der Waals surface area contributed by atoms with Crippen LogP contribution in [0.3, 0.4) is 0 Å². The maximum atomic E-state index is 14.1. The Morgan fingerprint density at radius 2 is 1.95 bits per heavy atom. The molecule has 4 rings (SSSR count). The number of imidazole rings is 1. The standard InChI is InChI=1S/C27H35N6O7P/c1-6-37-15-22-31-23-24(20-11-7-8-12-21(20)30-25(23)28)33(22)16-27(5,35)40-41(36,39-19-10-9-13-29-14-19)32-18(4)26(34)38-17(2)3/h7-14,17-18,35H,6,15-16H2,1-5H3,(H2,28,30)(H,32,36)/t18-,27?,41+/m0/s1. The van der Waals surface area contributed by atoms with Gasteiger partial charge in [0.2, 0.25) is 0 Å². The predicted octanol–water partition coefficient (Wildman–Crippen LogP) is 3.94. The number of ether oxygens (including phenoxy) is 2. The molecular formula is C27H35N6O7P. The minimum absolute atomic E-state index is 0.0958. The Bertz CT molecular complexity index is 1560. The fourth-order valence-electron chi connectivity index (χ4n) is 4.20. The third kappa shape index (κ3) is 7.38. The third-order valence-electron chi connectivity index (χ3n) is 5.81. The molecule has 0 saturated carbocycles. The number of hydrogen-bond acceptors (Lipinski definition) is 11. The quantitative estimate of drug-likeness (QED) is 0.117. The molecule has 1 aromatic carbocycles. The molecule has 0 aliphatic carbocycles. The summed E-state index contributed by atoms with van der Waals surface area (Å²) in [6.45, 7) is 8.29. The van der Waals surface area contributed by atoms with Gasteiger partial charge in [-0.25, -0.2) is 14.5 Å². The zero-order valence-corrected chi connectivity index (χ0v) is 24.5. The van der Waals surface area contributed by atoms with Gasteiger partial charge in [0.15, 0.2) is 11.6 Å². The molecule has 0 aliphatic heterocycles. The highest BCUT2D eigenvalue weighted by molar-refractivity contribution is 7.52. The summed E-state index contributed by atoms with van der Waals surface area (Å²) in [5, 5.41) is 14.9. The lowest BCUT2D eigenvalue weighted by Crippen LogP contribution is -2.40. The minimum Gasteiger partial charge on any atom is -0.462 e. The number of carbonyl (C=O) groups excluding carboxylic acids is 1. The zero-order chi connectivity index (χ0) is 29.8. The van der Waals surface area contributed by atoms with Gasteiger partial charge in [-0.1, -0.05) is 18.2 Å². The number of nitrogen functional groups attached to an aromatic ring is 1. The van der Waals surface area contributed by atoms with E-state index in [4.69, 9.17) is 24.3 Å². The van der Waals surface area contributed by atoms with E-state index in [0.717, 1.165) is 5.39 Å². The molecule has 13 nitrogen and oxygen atoms in total. The lowest BCUT2D eigenvalue weighted by Gasteiger charge is -2.31. The second-order valence-corrected chi connectivity index (χ2v) is 11.5. The van der Waals surface area contributed by atoms with Crippen molar-refractivity contribution < 1.29 is 33.0 Å². The molecule has 220 valence electrons. The molecule has 0 aliphatic rings. The number of anilines is 1. The number of nitrogens with one attached hydrogen (secondary N) is 1. The van der Waals surface area contributed by atoms with E-state index in [1.165, 1.54) is 32.3 Å². The summed E-state index contributed by atoms with van der Waals surface area (Å²) in [5.41, 5.74) is 7.91. The summed E-state index contributed by atoms with van der Waals surface area (Å²) in [7, 11) is -4.43. The third-order valence-corrected chi connectivity index (χ3v) is 7.60. The number of pyridine rings is 2. The van der Waals surface area contributed by atoms with E-state index >= 15 is 0 Å². The SMILES string of the molecule is CCOCc1nc2c(N)nc3ccccc3c2n1CC(C)(O)O[P@@](=O)(N[C@@H](C)C(=O)OC(C)C)Oc1cccnc1. The van der Waals surface area contributed by atoms with E-state index in [1.54, 1.807) is 24.5 Å². The van der Waals surface area contributed by atoms with Crippen molar-refractivity contribution in [1.82, 2.24) is 24.6 Å². The smallest absolute Gasteiger partial charge is 0.462 e. The lowest BCUT2D eigenvalue weighted by atomic mass is 10.2. The number of aromatic nitrogens is 4. The summed E-state index contributed by atoms with van der Waals surface area (Å²) in [4.78, 5) is 25.6. The van der Waals surface area contributed by atoms with Crippen LogP contribution >= 0.6 is 7.75 Å². The summed E-state index contributed by atoms with van der Waals surface area (Å²) in [6, 6.07) is 9.36. The van der Waals surface area contributed by atoms with Gasteiger partial charge in [-0.2, -0.15) is 5.09 Å². The monoisotopic (exact) mass is 586 g/mol. The number of rotatable bonds is 13. The molecule has 1 unspecified atom stereocenters. The van der Waals surface area contributed by atoms with Gasteiger partial charge in [-0.15, -0.1) is 0 Å². The number of hydrogen-bond donors (Lipinski definition) is 3. The highest BCUT2D eigenvalue weighted by atomic mass is 31.2. The van der Waals surface area contributed by atoms with Crippen LogP contribution in [0.1, 0.15) is 40.4 Å². The molecular weight excluding hydrogens is 551 g/mol. The minimum atomic E-state index is -4.43. The van der Waals surface area contributed by atoms with E-state index in [-0.39, 0.29) is 24.7 Å². The average molecular weight is 587 g/mol. The summed E-state index contributed by atoms with van der Waals surface area (Å²) in [6.07, 6.45) is 2.44. The molecule has 0 spiro atoms. The lowest BCUT2D eigenvalue weighted by molar-refractivity contribution is -0.150. The van der Waals surface area contributed by atoms with Crippen LogP contribution in [0.5, 0.6) is 5.75 Å². The summed E-state index contributed by atoms with van der Waals surface area (Å²) in [5.74, 6) is -2.05. The number of nitrogens with zero attached hydrogens (tertiary/aromatic N) is 4. The van der Waals surface area contributed by atoms with Gasteiger partial charge in [0.05, 0.1) is 29.9 Å². The van der Waals surface area contributed by atoms with Crippen LogP contribution in [-0.2, 0) is 36.5 Å². The van der Waals surface area contributed by atoms with Crippen molar-refractivity contribution in [2.75, 3.05) is 12.3 Å². The summed E-state index contributed by atoms with van der Waals surface area (Å²) < 4.78 is 38.1. The van der Waals surface area contributed by atoms with E-state index in [1.807, 2.05) is 31.2 Å². The van der Waals surface area contributed by atoms with Crippen molar-refractivity contribution in [2.24, 2.45) is 0 Å². The van der Waals surface area contributed by atoms with Crippen molar-refractivity contribution >= 4 is 41.5 Å². The van der Waals surface area contributed by atoms with Crippen LogP contribution in [-0.4, -0.2) is 55.1 Å². The van der Waals surface area contributed by atoms with E-state index < -0.39 is 31.6 Å². The van der Waals surface area contributed by atoms with Crippen LogP contribution < -0.4 is 15.3 Å². The number of aliphatic hydroxyl groups is 1. The molecule has 41 heavy (non-hydrogen) atoms. The Labute approximate surface area is 237 Å². The number of nitrogens with two attached hydrogens (primary N) is 1. The molecule has 3 heterocycles. The highest BCUT2D eigenvalue weighted by Crippen LogP contribution is 2.48. The van der Waals surface area contributed by atoms with Crippen LogP contribution in [0.15, 0.2) is 48.8 Å². The predicted molar refractivity (Wildman–Crippen MR) is 153 cm³/mol. The number of benzene rings is 1. The number of para-hydroxylation sites is 1. The Hall–Kier alpha value is -3.61. The van der Waals surface area contributed by atoms with Crippen LogP contribution in [0.25, 0.3) is 21.9 Å². The molecule has 0 fully saturated rings. The normalized spacial score (nSPS) is 15.5. The Balaban J connectivity index is 1.73. The first kappa shape index (κ1) is 30.4. The van der Waals surface area contributed by atoms with Gasteiger partial charge in [0.1, 0.15) is 29.7 Å². The molecule has 0 saturated heterocycles. The average Bonchev–Trinajstić information content (AvgIpc) is 3.25. The van der Waals surface area contributed by atoms with Crippen LogP contribution in [0.4, 0.5) is 5.82 Å². The Morgan fingerprint density at radius 1 is 1.20 bits per heavy atom. The van der Waals surface area contributed by atoms with E-state index in [0.29, 0.717) is 29.0 Å². The van der Waals surface area contributed by atoms with Gasteiger partial charge in [-0.3, -0.25) is 14.3 Å². The van der Waals surface area contributed by atoms with Gasteiger partial charge < -0.3 is 29.4 Å². The van der Waals surface area contributed by atoms with Gasteiger partial charge >= 0.3 is 13.7 Å². The molecule has 4 aromatic rings. The number of fused-ring (bicyclic) bond motifs is 3. The Kier molecular flexibility index (Phi) is 9.25. The number of carbonyl (C=O) groups is 1. The van der Waals surface area contributed by atoms with Gasteiger partial charge in [0.25, 0.3) is 0 Å². The van der Waals surface area contributed by atoms with Crippen molar-refractivity contribution in [1.29, 1.82) is 0 Å². The molecule has 0 bridgehead atoms. The topological polar surface area (TPSA) is 173 Å². The van der Waals surface area contributed by atoms with Gasteiger partial charge in [0, 0.05) is 18.2 Å². The molecule has 3 atom stereocenters. The first-order valence-electron chi connectivity index (χ1n) is 13.1. The van der Waals surface area contributed by atoms with Crippen LogP contribution in [0.2, 0.25) is 0 Å². The molecule has 3 aromatic heterocycles. The maximum Gasteiger partial charge on any atom is 0.462 e. The highest BCUT2D eigenvalue weighted by Gasteiger charge is 2.40. The second-order valence-electron chi connectivity index (χ2n) is 9.84. The first-order chi connectivity index (χ1) is 19.4. The van der Waals surface area contributed by atoms with E-state index in [2.05, 4.69) is 20.0 Å². The van der Waals surface area contributed by atoms with Crippen molar-refractivity contribution in [3.05, 3.63) is 54.6 Å². The molecule has 14 heteroatoms. The first-order valence-corrected chi connectivity index (χ1v) is 14.7. The fourth-order valence-corrected chi connectivity index (χ4v) is 5.88.